The number of carbonyl (C=O) groups is 2. The first-order valence-electron chi connectivity index (χ1n) is 11.9. The minimum absolute atomic E-state index is 0.193. The van der Waals surface area contributed by atoms with E-state index in [1.54, 1.807) is 61.1 Å². The van der Waals surface area contributed by atoms with Crippen LogP contribution in [0.25, 0.3) is 5.69 Å². The largest absolute Gasteiger partial charge is 0.490 e. The van der Waals surface area contributed by atoms with E-state index >= 15 is 0 Å². The lowest BCUT2D eigenvalue weighted by atomic mass is 10.1. The lowest BCUT2D eigenvalue weighted by Gasteiger charge is -2.11. The van der Waals surface area contributed by atoms with Crippen LogP contribution in [0.3, 0.4) is 0 Å². The van der Waals surface area contributed by atoms with Crippen LogP contribution in [0.1, 0.15) is 32.8 Å². The Morgan fingerprint density at radius 3 is 2.30 bits per heavy atom. The number of fused-ring (bicyclic) bond motifs is 1. The highest BCUT2D eigenvalue weighted by Gasteiger charge is 2.19. The summed E-state index contributed by atoms with van der Waals surface area (Å²) in [6.07, 6.45) is 0.771. The molecule has 0 saturated carbocycles. The molecular formula is C28H26N4O5. The van der Waals surface area contributed by atoms with E-state index in [9.17, 15) is 14.4 Å². The van der Waals surface area contributed by atoms with Crippen LogP contribution in [0.15, 0.2) is 77.6 Å². The van der Waals surface area contributed by atoms with Crippen LogP contribution in [0.2, 0.25) is 0 Å². The average molecular weight is 499 g/mol. The van der Waals surface area contributed by atoms with Crippen LogP contribution in [-0.2, 0) is 7.05 Å². The molecule has 0 saturated heterocycles. The predicted octanol–water partition coefficient (Wildman–Crippen LogP) is 4.15. The van der Waals surface area contributed by atoms with Gasteiger partial charge in [0, 0.05) is 30.3 Å². The van der Waals surface area contributed by atoms with E-state index in [1.807, 2.05) is 30.3 Å². The summed E-state index contributed by atoms with van der Waals surface area (Å²) in [6.45, 7) is 2.85. The zero-order chi connectivity index (χ0) is 25.9. The van der Waals surface area contributed by atoms with Crippen molar-refractivity contribution in [3.63, 3.8) is 0 Å². The Morgan fingerprint density at radius 1 is 0.811 bits per heavy atom. The molecule has 0 radical (unpaired) electrons. The standard InChI is InChI=1S/C28H26N4O5/c1-18-25(28(35)32(31(18)2)22-10-4-3-5-11-22)30-27(34)19-8-6-9-21(16-19)29-26(33)20-12-13-23-24(17-20)37-15-7-14-36-23/h3-6,8-13,16-17H,7,14-15H2,1-2H3,(H,29,33)(H,30,34). The Labute approximate surface area is 213 Å². The second-order valence-corrected chi connectivity index (χ2v) is 8.64. The summed E-state index contributed by atoms with van der Waals surface area (Å²) in [5, 5.41) is 5.55. The van der Waals surface area contributed by atoms with Gasteiger partial charge in [0.25, 0.3) is 17.4 Å². The zero-order valence-electron chi connectivity index (χ0n) is 20.5. The van der Waals surface area contributed by atoms with Crippen LogP contribution >= 0.6 is 0 Å². The number of rotatable bonds is 5. The molecule has 3 aromatic carbocycles. The molecule has 188 valence electrons. The van der Waals surface area contributed by atoms with Crippen molar-refractivity contribution in [2.45, 2.75) is 13.3 Å². The van der Waals surface area contributed by atoms with Crippen molar-refractivity contribution >= 4 is 23.2 Å². The summed E-state index contributed by atoms with van der Waals surface area (Å²) >= 11 is 0. The minimum atomic E-state index is -0.460. The Hall–Kier alpha value is -4.79. The maximum atomic E-state index is 13.1. The number of amides is 2. The van der Waals surface area contributed by atoms with E-state index in [-0.39, 0.29) is 17.2 Å². The first-order chi connectivity index (χ1) is 17.9. The predicted molar refractivity (Wildman–Crippen MR) is 140 cm³/mol. The summed E-state index contributed by atoms with van der Waals surface area (Å²) in [5.74, 6) is 0.323. The van der Waals surface area contributed by atoms with Gasteiger partial charge in [-0.25, -0.2) is 4.68 Å². The summed E-state index contributed by atoms with van der Waals surface area (Å²) < 4.78 is 14.5. The molecule has 0 aliphatic carbocycles. The molecule has 0 fully saturated rings. The minimum Gasteiger partial charge on any atom is -0.490 e. The number of ether oxygens (including phenoxy) is 2. The van der Waals surface area contributed by atoms with Crippen LogP contribution in [-0.4, -0.2) is 34.4 Å². The highest BCUT2D eigenvalue weighted by molar-refractivity contribution is 6.07. The molecule has 1 aliphatic heterocycles. The van der Waals surface area contributed by atoms with Crippen LogP contribution in [0.4, 0.5) is 11.4 Å². The van der Waals surface area contributed by atoms with Gasteiger partial charge in [0.05, 0.1) is 24.6 Å². The Balaban J connectivity index is 1.34. The van der Waals surface area contributed by atoms with Crippen molar-refractivity contribution in [2.24, 2.45) is 7.05 Å². The molecule has 2 amide bonds. The third-order valence-electron chi connectivity index (χ3n) is 6.19. The lowest BCUT2D eigenvalue weighted by molar-refractivity contribution is 0.101. The van der Waals surface area contributed by atoms with Gasteiger partial charge in [0.1, 0.15) is 5.69 Å². The molecular weight excluding hydrogens is 472 g/mol. The summed E-state index contributed by atoms with van der Waals surface area (Å²) in [7, 11) is 1.76. The second kappa shape index (κ2) is 10.1. The lowest BCUT2D eigenvalue weighted by Crippen LogP contribution is -2.23. The van der Waals surface area contributed by atoms with Crippen molar-refractivity contribution < 1.29 is 19.1 Å². The molecule has 4 aromatic rings. The van der Waals surface area contributed by atoms with Gasteiger partial charge in [-0.05, 0) is 55.5 Å². The van der Waals surface area contributed by atoms with Gasteiger partial charge < -0.3 is 20.1 Å². The summed E-state index contributed by atoms with van der Waals surface area (Å²) in [4.78, 5) is 39.1. The molecule has 0 bridgehead atoms. The molecule has 2 heterocycles. The van der Waals surface area contributed by atoms with E-state index in [0.29, 0.717) is 52.9 Å². The van der Waals surface area contributed by atoms with E-state index in [2.05, 4.69) is 10.6 Å². The van der Waals surface area contributed by atoms with Gasteiger partial charge in [-0.1, -0.05) is 24.3 Å². The first-order valence-corrected chi connectivity index (χ1v) is 11.9. The van der Waals surface area contributed by atoms with E-state index < -0.39 is 5.91 Å². The van der Waals surface area contributed by atoms with Gasteiger partial charge in [0.15, 0.2) is 11.5 Å². The molecule has 37 heavy (non-hydrogen) atoms. The van der Waals surface area contributed by atoms with E-state index in [0.717, 1.165) is 6.42 Å². The first kappa shape index (κ1) is 23.9. The maximum absolute atomic E-state index is 13.1. The van der Waals surface area contributed by atoms with Gasteiger partial charge in [-0.15, -0.1) is 0 Å². The molecule has 0 spiro atoms. The third kappa shape index (κ3) is 4.84. The Bertz CT molecular complexity index is 1540. The van der Waals surface area contributed by atoms with Crippen molar-refractivity contribution in [3.05, 3.63) is 100.0 Å². The number of nitrogens with one attached hydrogen (secondary N) is 2. The topological polar surface area (TPSA) is 104 Å². The Morgan fingerprint density at radius 2 is 1.51 bits per heavy atom. The normalized spacial score (nSPS) is 12.5. The molecule has 1 aliphatic rings. The molecule has 2 N–H and O–H groups in total. The molecule has 9 heteroatoms. The Kier molecular flexibility index (Phi) is 6.51. The number of benzene rings is 3. The molecule has 9 nitrogen and oxygen atoms in total. The summed E-state index contributed by atoms with van der Waals surface area (Å²) in [5.41, 5.74) is 2.30. The van der Waals surface area contributed by atoms with Gasteiger partial charge in [-0.3, -0.25) is 19.1 Å². The fourth-order valence-corrected chi connectivity index (χ4v) is 4.14. The maximum Gasteiger partial charge on any atom is 0.295 e. The average Bonchev–Trinajstić information content (AvgIpc) is 3.06. The van der Waals surface area contributed by atoms with Gasteiger partial charge >= 0.3 is 0 Å². The summed E-state index contributed by atoms with van der Waals surface area (Å²) in [6, 6.07) is 20.7. The zero-order valence-corrected chi connectivity index (χ0v) is 20.5. The monoisotopic (exact) mass is 498 g/mol. The van der Waals surface area contributed by atoms with Crippen LogP contribution in [0, 0.1) is 6.92 Å². The number of nitrogens with zero attached hydrogens (tertiary/aromatic N) is 2. The fourth-order valence-electron chi connectivity index (χ4n) is 4.14. The second-order valence-electron chi connectivity index (χ2n) is 8.64. The van der Waals surface area contributed by atoms with Crippen LogP contribution in [0.5, 0.6) is 11.5 Å². The number of carbonyl (C=O) groups excluding carboxylic acids is 2. The highest BCUT2D eigenvalue weighted by Crippen LogP contribution is 2.30. The van der Waals surface area contributed by atoms with Crippen molar-refractivity contribution in [1.82, 2.24) is 9.36 Å². The number of anilines is 2. The number of hydrogen-bond donors (Lipinski definition) is 2. The number of aromatic nitrogens is 2. The highest BCUT2D eigenvalue weighted by atomic mass is 16.5. The van der Waals surface area contributed by atoms with Crippen molar-refractivity contribution in [2.75, 3.05) is 23.8 Å². The number of para-hydroxylation sites is 1. The molecule has 5 rings (SSSR count). The smallest absolute Gasteiger partial charge is 0.295 e. The van der Waals surface area contributed by atoms with E-state index in [1.165, 1.54) is 4.68 Å². The van der Waals surface area contributed by atoms with Crippen LogP contribution < -0.4 is 25.7 Å². The van der Waals surface area contributed by atoms with E-state index in [4.69, 9.17) is 9.47 Å². The van der Waals surface area contributed by atoms with Crippen molar-refractivity contribution in [3.8, 4) is 17.2 Å². The SMILES string of the molecule is Cc1c(NC(=O)c2cccc(NC(=O)c3ccc4c(c3)OCCCO4)c2)c(=O)n(-c2ccccc2)n1C. The number of hydrogen-bond acceptors (Lipinski definition) is 5. The quantitative estimate of drug-likeness (QED) is 0.430. The molecule has 1 aromatic heterocycles. The van der Waals surface area contributed by atoms with Crippen molar-refractivity contribution in [1.29, 1.82) is 0 Å². The molecule has 0 atom stereocenters. The fraction of sp³-hybridized carbons (Fsp3) is 0.179. The van der Waals surface area contributed by atoms with Gasteiger partial charge in [-0.2, -0.15) is 0 Å². The third-order valence-corrected chi connectivity index (χ3v) is 6.19. The molecule has 0 unspecified atom stereocenters. The van der Waals surface area contributed by atoms with Gasteiger partial charge in [0.2, 0.25) is 0 Å².